The summed E-state index contributed by atoms with van der Waals surface area (Å²) in [5.74, 6) is 0.645. The van der Waals surface area contributed by atoms with E-state index in [1.54, 1.807) is 30.9 Å². The molecule has 8 heteroatoms. The summed E-state index contributed by atoms with van der Waals surface area (Å²) in [5.41, 5.74) is 5.04. The Morgan fingerprint density at radius 1 is 1.04 bits per heavy atom. The van der Waals surface area contributed by atoms with Crippen LogP contribution in [0.3, 0.4) is 0 Å². The summed E-state index contributed by atoms with van der Waals surface area (Å²) in [5, 5.41) is 0. The number of benzene rings is 1. The van der Waals surface area contributed by atoms with Crippen molar-refractivity contribution in [3.8, 4) is 11.3 Å². The third-order valence-electron chi connectivity index (χ3n) is 4.23. The first kappa shape index (κ1) is 17.3. The van der Waals surface area contributed by atoms with E-state index in [4.69, 9.17) is 0 Å². The topological polar surface area (TPSA) is 101 Å². The molecule has 0 saturated heterocycles. The standard InChI is InChI=1S/C19H17N5O2S/c1-12-23-17(18-19(24-12)22-11-21-18)15-8-14(9-20-10-15)7-13-3-5-16(6-4-13)27(2,25)26/h3-6,8-11H,7H2,1-2H3,(H,21,22,23,24). The number of hydrogen-bond donors (Lipinski definition) is 1. The van der Waals surface area contributed by atoms with Crippen LogP contribution >= 0.6 is 0 Å². The van der Waals surface area contributed by atoms with Crippen molar-refractivity contribution in [3.05, 3.63) is 66.0 Å². The number of pyridine rings is 1. The SMILES string of the molecule is Cc1nc(-c2cncc(Cc3ccc(S(C)(=O)=O)cc3)c2)c2[nH]cnc2n1. The fraction of sp³-hybridized carbons (Fsp3) is 0.158. The highest BCUT2D eigenvalue weighted by atomic mass is 32.2. The molecule has 0 fully saturated rings. The van der Waals surface area contributed by atoms with E-state index in [-0.39, 0.29) is 0 Å². The van der Waals surface area contributed by atoms with Gasteiger partial charge in [-0.3, -0.25) is 4.98 Å². The van der Waals surface area contributed by atoms with Gasteiger partial charge in [-0.15, -0.1) is 0 Å². The highest BCUT2D eigenvalue weighted by molar-refractivity contribution is 7.90. The molecule has 3 heterocycles. The van der Waals surface area contributed by atoms with Crippen molar-refractivity contribution in [2.24, 2.45) is 0 Å². The number of H-pyrrole nitrogens is 1. The number of imidazole rings is 1. The van der Waals surface area contributed by atoms with Gasteiger partial charge in [0, 0.05) is 24.2 Å². The minimum Gasteiger partial charge on any atom is -0.341 e. The number of aryl methyl sites for hydroxylation is 1. The number of rotatable bonds is 4. The predicted octanol–water partition coefficient (Wildman–Crippen LogP) is 2.72. The molecule has 0 radical (unpaired) electrons. The van der Waals surface area contributed by atoms with Crippen molar-refractivity contribution < 1.29 is 8.42 Å². The fourth-order valence-electron chi connectivity index (χ4n) is 2.95. The van der Waals surface area contributed by atoms with Gasteiger partial charge in [0.15, 0.2) is 15.5 Å². The van der Waals surface area contributed by atoms with Crippen molar-refractivity contribution in [2.45, 2.75) is 18.2 Å². The van der Waals surface area contributed by atoms with E-state index < -0.39 is 9.84 Å². The van der Waals surface area contributed by atoms with Crippen LogP contribution in [-0.4, -0.2) is 39.6 Å². The number of fused-ring (bicyclic) bond motifs is 1. The summed E-state index contributed by atoms with van der Waals surface area (Å²) in [6.07, 6.45) is 7.00. The Hall–Kier alpha value is -3.13. The molecule has 0 atom stereocenters. The highest BCUT2D eigenvalue weighted by Gasteiger charge is 2.12. The van der Waals surface area contributed by atoms with E-state index in [1.165, 1.54) is 6.26 Å². The van der Waals surface area contributed by atoms with Gasteiger partial charge in [-0.1, -0.05) is 12.1 Å². The second kappa shape index (κ2) is 6.55. The Labute approximate surface area is 156 Å². The van der Waals surface area contributed by atoms with Crippen LogP contribution < -0.4 is 0 Å². The summed E-state index contributed by atoms with van der Waals surface area (Å²) in [6, 6.07) is 8.93. The van der Waals surface area contributed by atoms with Crippen LogP contribution in [0.25, 0.3) is 22.4 Å². The molecule has 0 aliphatic rings. The Balaban J connectivity index is 1.68. The maximum absolute atomic E-state index is 11.6. The Morgan fingerprint density at radius 2 is 1.81 bits per heavy atom. The van der Waals surface area contributed by atoms with E-state index in [9.17, 15) is 8.42 Å². The Bertz CT molecular complexity index is 1230. The van der Waals surface area contributed by atoms with Gasteiger partial charge in [0.1, 0.15) is 17.0 Å². The molecular weight excluding hydrogens is 362 g/mol. The van der Waals surface area contributed by atoms with E-state index in [0.29, 0.717) is 22.8 Å². The third-order valence-corrected chi connectivity index (χ3v) is 5.35. The van der Waals surface area contributed by atoms with Gasteiger partial charge in [-0.25, -0.2) is 23.4 Å². The molecule has 136 valence electrons. The van der Waals surface area contributed by atoms with Crippen molar-refractivity contribution in [3.63, 3.8) is 0 Å². The Kier molecular flexibility index (Phi) is 4.19. The summed E-state index contributed by atoms with van der Waals surface area (Å²) < 4.78 is 23.2. The van der Waals surface area contributed by atoms with Crippen LogP contribution in [0.2, 0.25) is 0 Å². The second-order valence-corrected chi connectivity index (χ2v) is 8.41. The third kappa shape index (κ3) is 3.56. The molecule has 0 spiro atoms. The molecule has 0 amide bonds. The predicted molar refractivity (Wildman–Crippen MR) is 102 cm³/mol. The highest BCUT2D eigenvalue weighted by Crippen LogP contribution is 2.25. The Morgan fingerprint density at radius 3 is 2.56 bits per heavy atom. The molecule has 0 saturated carbocycles. The summed E-state index contributed by atoms with van der Waals surface area (Å²) in [4.78, 5) is 20.8. The van der Waals surface area contributed by atoms with Crippen LogP contribution in [0.4, 0.5) is 0 Å². The van der Waals surface area contributed by atoms with Crippen molar-refractivity contribution in [1.82, 2.24) is 24.9 Å². The van der Waals surface area contributed by atoms with Gasteiger partial charge in [0.05, 0.1) is 11.2 Å². The zero-order valence-electron chi connectivity index (χ0n) is 14.8. The van der Waals surface area contributed by atoms with Gasteiger partial charge < -0.3 is 4.98 Å². The average Bonchev–Trinajstić information content (AvgIpc) is 3.09. The molecule has 7 nitrogen and oxygen atoms in total. The molecule has 0 unspecified atom stereocenters. The number of hydrogen-bond acceptors (Lipinski definition) is 6. The first-order chi connectivity index (χ1) is 12.9. The number of aromatic nitrogens is 5. The maximum atomic E-state index is 11.6. The first-order valence-electron chi connectivity index (χ1n) is 8.31. The largest absolute Gasteiger partial charge is 0.341 e. The van der Waals surface area contributed by atoms with Crippen LogP contribution in [0.1, 0.15) is 17.0 Å². The zero-order chi connectivity index (χ0) is 19.0. The molecular formula is C19H17N5O2S. The lowest BCUT2D eigenvalue weighted by atomic mass is 10.0. The molecule has 27 heavy (non-hydrogen) atoms. The van der Waals surface area contributed by atoms with E-state index in [2.05, 4.69) is 24.9 Å². The lowest BCUT2D eigenvalue weighted by Crippen LogP contribution is -1.98. The number of nitrogens with zero attached hydrogens (tertiary/aromatic N) is 4. The first-order valence-corrected chi connectivity index (χ1v) is 10.2. The van der Waals surface area contributed by atoms with Crippen molar-refractivity contribution >= 4 is 21.0 Å². The molecule has 0 bridgehead atoms. The second-order valence-electron chi connectivity index (χ2n) is 6.40. The molecule has 1 N–H and O–H groups in total. The number of aromatic amines is 1. The normalized spacial score (nSPS) is 11.8. The van der Waals surface area contributed by atoms with Crippen LogP contribution in [0.15, 0.2) is 53.9 Å². The fourth-order valence-corrected chi connectivity index (χ4v) is 3.59. The van der Waals surface area contributed by atoms with E-state index >= 15 is 0 Å². The van der Waals surface area contributed by atoms with Crippen LogP contribution in [0.5, 0.6) is 0 Å². The molecule has 0 aliphatic carbocycles. The minimum atomic E-state index is -3.19. The molecule has 1 aromatic carbocycles. The van der Waals surface area contributed by atoms with E-state index in [0.717, 1.165) is 27.9 Å². The van der Waals surface area contributed by atoms with Crippen molar-refractivity contribution in [1.29, 1.82) is 0 Å². The minimum absolute atomic E-state index is 0.316. The smallest absolute Gasteiger partial charge is 0.181 e. The monoisotopic (exact) mass is 379 g/mol. The summed E-state index contributed by atoms with van der Waals surface area (Å²) in [7, 11) is -3.19. The van der Waals surface area contributed by atoms with Crippen molar-refractivity contribution in [2.75, 3.05) is 6.26 Å². The van der Waals surface area contributed by atoms with Gasteiger partial charge in [-0.05, 0) is 42.7 Å². The maximum Gasteiger partial charge on any atom is 0.181 e. The molecule has 0 aliphatic heterocycles. The number of nitrogens with one attached hydrogen (secondary N) is 1. The van der Waals surface area contributed by atoms with Crippen LogP contribution in [0, 0.1) is 6.92 Å². The lowest BCUT2D eigenvalue weighted by Gasteiger charge is -2.07. The van der Waals surface area contributed by atoms with Gasteiger partial charge >= 0.3 is 0 Å². The average molecular weight is 379 g/mol. The summed E-state index contributed by atoms with van der Waals surface area (Å²) >= 11 is 0. The molecule has 4 rings (SSSR count). The van der Waals surface area contributed by atoms with Gasteiger partial charge in [-0.2, -0.15) is 0 Å². The number of sulfone groups is 1. The summed E-state index contributed by atoms with van der Waals surface area (Å²) in [6.45, 7) is 1.83. The van der Waals surface area contributed by atoms with Gasteiger partial charge in [0.2, 0.25) is 0 Å². The van der Waals surface area contributed by atoms with Gasteiger partial charge in [0.25, 0.3) is 0 Å². The molecule has 3 aromatic heterocycles. The lowest BCUT2D eigenvalue weighted by molar-refractivity contribution is 0.602. The van der Waals surface area contributed by atoms with E-state index in [1.807, 2.05) is 25.1 Å². The molecule has 4 aromatic rings. The van der Waals surface area contributed by atoms with Crippen LogP contribution in [-0.2, 0) is 16.3 Å². The zero-order valence-corrected chi connectivity index (χ0v) is 15.7. The quantitative estimate of drug-likeness (QED) is 0.585.